The fraction of sp³-hybridized carbons (Fsp3) is 0.356. The third kappa shape index (κ3) is 8.75. The Kier molecular flexibility index (Phi) is 11.9. The van der Waals surface area contributed by atoms with Gasteiger partial charge in [-0.05, 0) is 108 Å². The van der Waals surface area contributed by atoms with Crippen LogP contribution in [0.2, 0.25) is 0 Å². The second-order valence-electron chi connectivity index (χ2n) is 14.4. The summed E-state index contributed by atoms with van der Waals surface area (Å²) in [4.78, 5) is 40.9. The molecule has 0 aromatic heterocycles. The van der Waals surface area contributed by atoms with Gasteiger partial charge in [0.25, 0.3) is 5.91 Å². The molecule has 280 valence electrons. The molecule has 9 heteroatoms. The van der Waals surface area contributed by atoms with Gasteiger partial charge in [-0.25, -0.2) is 0 Å². The summed E-state index contributed by atoms with van der Waals surface area (Å²) in [5.41, 5.74) is 8.52. The van der Waals surface area contributed by atoms with Crippen LogP contribution in [0.1, 0.15) is 83.6 Å². The lowest BCUT2D eigenvalue weighted by Crippen LogP contribution is -2.52. The van der Waals surface area contributed by atoms with Crippen LogP contribution < -0.4 is 10.1 Å². The minimum absolute atomic E-state index is 0.138. The molecule has 4 aromatic carbocycles. The predicted molar refractivity (Wildman–Crippen MR) is 209 cm³/mol. The maximum Gasteiger partial charge on any atom is 0.255 e. The molecule has 54 heavy (non-hydrogen) atoms. The summed E-state index contributed by atoms with van der Waals surface area (Å²) in [7, 11) is 0. The van der Waals surface area contributed by atoms with Crippen LogP contribution in [0.15, 0.2) is 97.1 Å². The number of nitrogens with zero attached hydrogens (tertiary/aromatic N) is 2. The molecular weight excluding hydrogens is 679 g/mol. The van der Waals surface area contributed by atoms with Crippen LogP contribution in [0.5, 0.6) is 11.5 Å². The average Bonchev–Trinajstić information content (AvgIpc) is 3.52. The fourth-order valence-electron chi connectivity index (χ4n) is 7.93. The topological polar surface area (TPSA) is 108 Å². The SMILES string of the molecule is CCC(=C(c1ccc(O)cc1)c1ccc(OCCN2CCC(OCCCc3ccc4c(c3)CN(C3CCC(=O)NC3=O)C4=O)CC2)cc1)c1ccccc1. The van der Waals surface area contributed by atoms with Crippen molar-refractivity contribution in [3.05, 3.63) is 130 Å². The Hall–Kier alpha value is -5.25. The summed E-state index contributed by atoms with van der Waals surface area (Å²) in [6.45, 7) is 6.72. The van der Waals surface area contributed by atoms with E-state index in [9.17, 15) is 19.5 Å². The molecule has 2 fully saturated rings. The van der Waals surface area contributed by atoms with Gasteiger partial charge in [-0.2, -0.15) is 0 Å². The Labute approximate surface area is 317 Å². The maximum atomic E-state index is 13.0. The zero-order valence-corrected chi connectivity index (χ0v) is 31.0. The van der Waals surface area contributed by atoms with Gasteiger partial charge in [0.2, 0.25) is 11.8 Å². The van der Waals surface area contributed by atoms with Gasteiger partial charge >= 0.3 is 0 Å². The fourth-order valence-corrected chi connectivity index (χ4v) is 7.93. The van der Waals surface area contributed by atoms with Crippen molar-refractivity contribution in [2.24, 2.45) is 0 Å². The molecule has 3 aliphatic heterocycles. The van der Waals surface area contributed by atoms with Crippen molar-refractivity contribution in [1.29, 1.82) is 0 Å². The molecule has 3 aliphatic rings. The van der Waals surface area contributed by atoms with E-state index in [1.807, 2.05) is 42.5 Å². The number of nitrogens with one attached hydrogen (secondary N) is 1. The Morgan fingerprint density at radius 1 is 0.833 bits per heavy atom. The van der Waals surface area contributed by atoms with E-state index in [2.05, 4.69) is 59.6 Å². The summed E-state index contributed by atoms with van der Waals surface area (Å²) in [5, 5.41) is 12.3. The molecule has 0 aliphatic carbocycles. The molecule has 3 heterocycles. The van der Waals surface area contributed by atoms with Crippen LogP contribution in [0, 0.1) is 0 Å². The molecule has 2 saturated heterocycles. The van der Waals surface area contributed by atoms with Crippen molar-refractivity contribution >= 4 is 28.9 Å². The first kappa shape index (κ1) is 37.1. The first-order valence-corrected chi connectivity index (χ1v) is 19.3. The number of imide groups is 1. The number of hydrogen-bond acceptors (Lipinski definition) is 7. The molecule has 4 aromatic rings. The van der Waals surface area contributed by atoms with Crippen LogP contribution >= 0.6 is 0 Å². The molecule has 0 radical (unpaired) electrons. The van der Waals surface area contributed by atoms with Crippen LogP contribution in [-0.2, 0) is 27.3 Å². The van der Waals surface area contributed by atoms with Crippen LogP contribution in [0.3, 0.4) is 0 Å². The van der Waals surface area contributed by atoms with Crippen molar-refractivity contribution in [2.75, 3.05) is 32.8 Å². The Morgan fingerprint density at radius 2 is 1.56 bits per heavy atom. The maximum absolute atomic E-state index is 13.0. The summed E-state index contributed by atoms with van der Waals surface area (Å²) < 4.78 is 12.5. The Balaban J connectivity index is 0.835. The standard InChI is InChI=1S/C45H49N3O6/c1-2-39(32-8-4-3-5-9-32)43(33-11-15-36(49)16-12-33)34-13-17-37(18-14-34)54-28-26-47-24-22-38(23-25-47)53-27-6-7-31-10-19-40-35(29-31)30-48(45(40)52)41-20-21-42(50)46-44(41)51/h3-5,8-19,29,38,41,49H,2,6-7,20-28,30H2,1H3,(H,46,50,51). The molecule has 0 spiro atoms. The molecule has 2 N–H and O–H groups in total. The van der Waals surface area contributed by atoms with E-state index in [0.717, 1.165) is 85.3 Å². The van der Waals surface area contributed by atoms with E-state index < -0.39 is 6.04 Å². The van der Waals surface area contributed by atoms with Crippen molar-refractivity contribution in [3.8, 4) is 11.5 Å². The zero-order chi connectivity index (χ0) is 37.4. The lowest BCUT2D eigenvalue weighted by Gasteiger charge is -2.31. The van der Waals surface area contributed by atoms with Crippen molar-refractivity contribution in [3.63, 3.8) is 0 Å². The first-order valence-electron chi connectivity index (χ1n) is 19.3. The number of hydrogen-bond donors (Lipinski definition) is 2. The highest BCUT2D eigenvalue weighted by atomic mass is 16.5. The van der Waals surface area contributed by atoms with Gasteiger partial charge in [0.15, 0.2) is 0 Å². The quantitative estimate of drug-likeness (QED) is 0.0818. The van der Waals surface area contributed by atoms with Crippen LogP contribution in [0.25, 0.3) is 11.1 Å². The number of likely N-dealkylation sites (tertiary alicyclic amines) is 1. The van der Waals surface area contributed by atoms with Gasteiger partial charge in [0.05, 0.1) is 6.10 Å². The Morgan fingerprint density at radius 3 is 2.26 bits per heavy atom. The van der Waals surface area contributed by atoms with Gasteiger partial charge < -0.3 is 19.5 Å². The predicted octanol–water partition coefficient (Wildman–Crippen LogP) is 7.01. The number of carbonyl (C=O) groups excluding carboxylic acids is 3. The number of benzene rings is 4. The summed E-state index contributed by atoms with van der Waals surface area (Å²) >= 11 is 0. The number of fused-ring (bicyclic) bond motifs is 1. The van der Waals surface area contributed by atoms with Crippen molar-refractivity contribution in [1.82, 2.24) is 15.1 Å². The van der Waals surface area contributed by atoms with Crippen LogP contribution in [-0.4, -0.2) is 77.6 Å². The number of carbonyl (C=O) groups is 3. The summed E-state index contributed by atoms with van der Waals surface area (Å²) in [6, 6.07) is 31.6. The Bertz CT molecular complexity index is 1970. The number of phenols is 1. The van der Waals surface area contributed by atoms with Crippen molar-refractivity contribution < 1.29 is 29.0 Å². The number of phenolic OH excluding ortho intramolecular Hbond substituents is 1. The lowest BCUT2D eigenvalue weighted by atomic mass is 9.88. The number of allylic oxidation sites excluding steroid dienone is 1. The minimum Gasteiger partial charge on any atom is -0.508 e. The molecule has 9 nitrogen and oxygen atoms in total. The molecule has 7 rings (SSSR count). The van der Waals surface area contributed by atoms with E-state index in [1.165, 1.54) is 11.1 Å². The number of ether oxygens (including phenoxy) is 2. The second kappa shape index (κ2) is 17.3. The zero-order valence-electron chi connectivity index (χ0n) is 31.0. The molecule has 1 unspecified atom stereocenters. The summed E-state index contributed by atoms with van der Waals surface area (Å²) in [5.74, 6) is 0.302. The minimum atomic E-state index is -0.591. The van der Waals surface area contributed by atoms with E-state index in [1.54, 1.807) is 17.0 Å². The second-order valence-corrected chi connectivity index (χ2v) is 14.4. The van der Waals surface area contributed by atoms with Gasteiger partial charge in [0, 0.05) is 44.8 Å². The van der Waals surface area contributed by atoms with Crippen LogP contribution in [0.4, 0.5) is 0 Å². The number of rotatable bonds is 14. The third-order valence-electron chi connectivity index (χ3n) is 10.8. The molecule has 1 atom stereocenters. The largest absolute Gasteiger partial charge is 0.508 e. The molecule has 0 bridgehead atoms. The van der Waals surface area contributed by atoms with Crippen molar-refractivity contribution in [2.45, 2.75) is 70.6 Å². The number of aryl methyl sites for hydroxylation is 1. The van der Waals surface area contributed by atoms with Gasteiger partial charge in [-0.15, -0.1) is 0 Å². The highest BCUT2D eigenvalue weighted by Gasteiger charge is 2.39. The van der Waals surface area contributed by atoms with Gasteiger partial charge in [0.1, 0.15) is 24.1 Å². The number of aromatic hydroxyl groups is 1. The first-order chi connectivity index (χ1) is 26.4. The average molecular weight is 728 g/mol. The molecular formula is C45H49N3O6. The third-order valence-corrected chi connectivity index (χ3v) is 10.8. The van der Waals surface area contributed by atoms with E-state index >= 15 is 0 Å². The van der Waals surface area contributed by atoms with E-state index in [0.29, 0.717) is 31.7 Å². The normalized spacial score (nSPS) is 18.4. The van der Waals surface area contributed by atoms with E-state index in [-0.39, 0.29) is 36.0 Å². The van der Waals surface area contributed by atoms with Gasteiger partial charge in [-0.1, -0.05) is 73.7 Å². The molecule has 3 amide bonds. The van der Waals surface area contributed by atoms with E-state index in [4.69, 9.17) is 9.47 Å². The highest BCUT2D eigenvalue weighted by Crippen LogP contribution is 2.36. The summed E-state index contributed by atoms with van der Waals surface area (Å²) in [6.07, 6.45) is 5.51. The number of amides is 3. The monoisotopic (exact) mass is 727 g/mol. The highest BCUT2D eigenvalue weighted by molar-refractivity contribution is 6.05. The smallest absolute Gasteiger partial charge is 0.255 e. The number of piperidine rings is 2. The lowest BCUT2D eigenvalue weighted by molar-refractivity contribution is -0.136. The molecule has 0 saturated carbocycles. The van der Waals surface area contributed by atoms with Gasteiger partial charge in [-0.3, -0.25) is 24.6 Å².